The lowest BCUT2D eigenvalue weighted by atomic mass is 9.92. The van der Waals surface area contributed by atoms with E-state index in [4.69, 9.17) is 4.74 Å². The maximum absolute atomic E-state index is 13.1. The van der Waals surface area contributed by atoms with Crippen LogP contribution in [-0.2, 0) is 17.6 Å². The van der Waals surface area contributed by atoms with Crippen LogP contribution in [0.5, 0.6) is 5.75 Å². The van der Waals surface area contributed by atoms with Gasteiger partial charge in [0.25, 0.3) is 11.8 Å². The van der Waals surface area contributed by atoms with Gasteiger partial charge in [0.1, 0.15) is 5.75 Å². The normalized spacial score (nSPS) is 14.4. The van der Waals surface area contributed by atoms with Gasteiger partial charge in [-0.15, -0.1) is 0 Å². The number of fused-ring (bicyclic) bond motifs is 1. The minimum atomic E-state index is -0.652. The highest BCUT2D eigenvalue weighted by Crippen LogP contribution is 2.26. The Morgan fingerprint density at radius 2 is 1.62 bits per heavy atom. The SMILES string of the molecule is CC[C@@H](Oc1ccc2c(c1)CCCC2)C(=O)Nc1ccccc1C(=O)N[C@H](C)c1ccccc1. The van der Waals surface area contributed by atoms with Crippen molar-refractivity contribution >= 4 is 17.5 Å². The summed E-state index contributed by atoms with van der Waals surface area (Å²) in [5.74, 6) is 0.206. The number of carbonyl (C=O) groups is 2. The number of amides is 2. The number of hydrogen-bond donors (Lipinski definition) is 2. The first-order chi connectivity index (χ1) is 16.5. The quantitative estimate of drug-likeness (QED) is 0.447. The van der Waals surface area contributed by atoms with Gasteiger partial charge < -0.3 is 15.4 Å². The van der Waals surface area contributed by atoms with Gasteiger partial charge in [0.2, 0.25) is 0 Å². The Morgan fingerprint density at radius 1 is 0.912 bits per heavy atom. The van der Waals surface area contributed by atoms with E-state index in [0.29, 0.717) is 23.4 Å². The van der Waals surface area contributed by atoms with E-state index in [1.807, 2.05) is 50.2 Å². The van der Waals surface area contributed by atoms with E-state index in [1.165, 1.54) is 24.0 Å². The highest BCUT2D eigenvalue weighted by atomic mass is 16.5. The fourth-order valence-electron chi connectivity index (χ4n) is 4.37. The number of nitrogens with one attached hydrogen (secondary N) is 2. The average molecular weight is 457 g/mol. The Morgan fingerprint density at radius 3 is 2.38 bits per heavy atom. The third kappa shape index (κ3) is 5.66. The summed E-state index contributed by atoms with van der Waals surface area (Å²) in [7, 11) is 0. The molecule has 3 aromatic rings. The second-order valence-electron chi connectivity index (χ2n) is 8.79. The van der Waals surface area contributed by atoms with Crippen molar-refractivity contribution in [2.45, 2.75) is 58.1 Å². The van der Waals surface area contributed by atoms with Crippen molar-refractivity contribution in [1.29, 1.82) is 0 Å². The number of carbonyl (C=O) groups excluding carboxylic acids is 2. The van der Waals surface area contributed by atoms with Gasteiger partial charge in [0.15, 0.2) is 6.10 Å². The molecule has 0 heterocycles. The first-order valence-electron chi connectivity index (χ1n) is 12.1. The van der Waals surface area contributed by atoms with E-state index in [2.05, 4.69) is 22.8 Å². The predicted octanol–water partition coefficient (Wildman–Crippen LogP) is 5.85. The molecule has 4 rings (SSSR count). The molecular weight excluding hydrogens is 424 g/mol. The van der Waals surface area contributed by atoms with Gasteiger partial charge in [-0.1, -0.05) is 55.5 Å². The van der Waals surface area contributed by atoms with Crippen LogP contribution in [0.4, 0.5) is 5.69 Å². The molecule has 0 bridgehead atoms. The fourth-order valence-corrected chi connectivity index (χ4v) is 4.37. The van der Waals surface area contributed by atoms with Crippen molar-refractivity contribution in [3.05, 3.63) is 95.1 Å². The van der Waals surface area contributed by atoms with Gasteiger partial charge in [0, 0.05) is 0 Å². The monoisotopic (exact) mass is 456 g/mol. The predicted molar refractivity (Wildman–Crippen MR) is 135 cm³/mol. The molecule has 0 radical (unpaired) electrons. The summed E-state index contributed by atoms with van der Waals surface area (Å²) in [5, 5.41) is 5.93. The van der Waals surface area contributed by atoms with Crippen molar-refractivity contribution in [3.63, 3.8) is 0 Å². The van der Waals surface area contributed by atoms with Crippen molar-refractivity contribution in [2.75, 3.05) is 5.32 Å². The lowest BCUT2D eigenvalue weighted by Crippen LogP contribution is -2.34. The Hall–Kier alpha value is -3.60. The van der Waals surface area contributed by atoms with E-state index in [1.54, 1.807) is 24.3 Å². The summed E-state index contributed by atoms with van der Waals surface area (Å²) in [6.45, 7) is 3.86. The molecule has 0 fully saturated rings. The number of para-hydroxylation sites is 1. The molecule has 34 heavy (non-hydrogen) atoms. The molecule has 0 aliphatic heterocycles. The number of hydrogen-bond acceptors (Lipinski definition) is 3. The Kier molecular flexibility index (Phi) is 7.63. The molecule has 0 aromatic heterocycles. The van der Waals surface area contributed by atoms with E-state index in [9.17, 15) is 9.59 Å². The van der Waals surface area contributed by atoms with Crippen LogP contribution in [0.15, 0.2) is 72.8 Å². The lowest BCUT2D eigenvalue weighted by Gasteiger charge is -2.21. The molecule has 176 valence electrons. The smallest absolute Gasteiger partial charge is 0.265 e. The van der Waals surface area contributed by atoms with Crippen LogP contribution in [0.2, 0.25) is 0 Å². The zero-order valence-corrected chi connectivity index (χ0v) is 19.8. The molecular formula is C29H32N2O3. The Bertz CT molecular complexity index is 1140. The highest BCUT2D eigenvalue weighted by Gasteiger charge is 2.22. The molecule has 0 spiro atoms. The van der Waals surface area contributed by atoms with Crippen molar-refractivity contribution in [2.24, 2.45) is 0 Å². The van der Waals surface area contributed by atoms with Crippen molar-refractivity contribution in [1.82, 2.24) is 5.32 Å². The minimum absolute atomic E-state index is 0.159. The number of benzene rings is 3. The van der Waals surface area contributed by atoms with Crippen LogP contribution in [0.1, 0.15) is 66.2 Å². The van der Waals surface area contributed by atoms with Crippen LogP contribution in [0, 0.1) is 0 Å². The van der Waals surface area contributed by atoms with Crippen LogP contribution in [0.25, 0.3) is 0 Å². The maximum atomic E-state index is 13.1. The summed E-state index contributed by atoms with van der Waals surface area (Å²) in [5.41, 5.74) is 4.59. The highest BCUT2D eigenvalue weighted by molar-refractivity contribution is 6.04. The summed E-state index contributed by atoms with van der Waals surface area (Å²) in [4.78, 5) is 26.1. The standard InChI is InChI=1S/C29H32N2O3/c1-3-27(34-24-18-17-22-13-7-8-14-23(22)19-24)29(33)31-26-16-10-9-15-25(26)28(32)30-20(2)21-11-5-4-6-12-21/h4-6,9-12,15-20,27H,3,7-8,13-14H2,1-2H3,(H,30,32)(H,31,33)/t20-,27-/m1/s1. The largest absolute Gasteiger partial charge is 0.481 e. The summed E-state index contributed by atoms with van der Waals surface area (Å²) >= 11 is 0. The fraction of sp³-hybridized carbons (Fsp3) is 0.310. The van der Waals surface area contributed by atoms with Crippen molar-refractivity contribution < 1.29 is 14.3 Å². The number of aryl methyl sites for hydroxylation is 2. The zero-order chi connectivity index (χ0) is 23.9. The molecule has 0 saturated carbocycles. The van der Waals surface area contributed by atoms with Crippen LogP contribution >= 0.6 is 0 Å². The maximum Gasteiger partial charge on any atom is 0.265 e. The molecule has 0 saturated heterocycles. The summed E-state index contributed by atoms with van der Waals surface area (Å²) < 4.78 is 6.07. The van der Waals surface area contributed by atoms with Crippen LogP contribution < -0.4 is 15.4 Å². The van der Waals surface area contributed by atoms with Gasteiger partial charge in [-0.05, 0) is 80.0 Å². The van der Waals surface area contributed by atoms with E-state index >= 15 is 0 Å². The second kappa shape index (κ2) is 11.0. The van der Waals surface area contributed by atoms with Gasteiger partial charge in [-0.3, -0.25) is 9.59 Å². The van der Waals surface area contributed by atoms with Gasteiger partial charge in [-0.2, -0.15) is 0 Å². The zero-order valence-electron chi connectivity index (χ0n) is 19.8. The first kappa shape index (κ1) is 23.6. The molecule has 0 unspecified atom stereocenters. The summed E-state index contributed by atoms with van der Waals surface area (Å²) in [6.07, 6.45) is 4.44. The third-order valence-electron chi connectivity index (χ3n) is 6.34. The van der Waals surface area contributed by atoms with Gasteiger partial charge in [-0.25, -0.2) is 0 Å². The van der Waals surface area contributed by atoms with Crippen LogP contribution in [0.3, 0.4) is 0 Å². The van der Waals surface area contributed by atoms with E-state index in [0.717, 1.165) is 18.4 Å². The van der Waals surface area contributed by atoms with Crippen LogP contribution in [-0.4, -0.2) is 17.9 Å². The number of rotatable bonds is 8. The lowest BCUT2D eigenvalue weighted by molar-refractivity contribution is -0.122. The Labute approximate surface area is 201 Å². The third-order valence-corrected chi connectivity index (χ3v) is 6.34. The van der Waals surface area contributed by atoms with Crippen molar-refractivity contribution in [3.8, 4) is 5.75 Å². The number of ether oxygens (including phenoxy) is 1. The molecule has 5 nitrogen and oxygen atoms in total. The molecule has 3 aromatic carbocycles. The second-order valence-corrected chi connectivity index (χ2v) is 8.79. The topological polar surface area (TPSA) is 67.4 Å². The van der Waals surface area contributed by atoms with Gasteiger partial charge >= 0.3 is 0 Å². The van der Waals surface area contributed by atoms with E-state index in [-0.39, 0.29) is 17.9 Å². The molecule has 5 heteroatoms. The minimum Gasteiger partial charge on any atom is -0.481 e. The Balaban J connectivity index is 1.44. The first-order valence-corrected chi connectivity index (χ1v) is 12.1. The van der Waals surface area contributed by atoms with E-state index < -0.39 is 6.10 Å². The van der Waals surface area contributed by atoms with Gasteiger partial charge in [0.05, 0.1) is 17.3 Å². The molecule has 1 aliphatic carbocycles. The molecule has 2 atom stereocenters. The molecule has 2 amide bonds. The molecule has 1 aliphatic rings. The average Bonchev–Trinajstić information content (AvgIpc) is 2.87. The summed E-state index contributed by atoms with van der Waals surface area (Å²) in [6, 6.07) is 22.8. The molecule has 2 N–H and O–H groups in total. The number of anilines is 1.